The van der Waals surface area contributed by atoms with Gasteiger partial charge in [-0.2, -0.15) is 0 Å². The van der Waals surface area contributed by atoms with Gasteiger partial charge in [-0.3, -0.25) is 9.78 Å². The lowest BCUT2D eigenvalue weighted by Crippen LogP contribution is -2.33. The summed E-state index contributed by atoms with van der Waals surface area (Å²) < 4.78 is 4.49. The van der Waals surface area contributed by atoms with Gasteiger partial charge < -0.3 is 10.5 Å². The van der Waals surface area contributed by atoms with Crippen LogP contribution in [0.1, 0.15) is 5.69 Å². The van der Waals surface area contributed by atoms with Crippen LogP contribution in [0.5, 0.6) is 0 Å². The first-order chi connectivity index (χ1) is 6.63. The number of nitrogens with zero attached hydrogens (tertiary/aromatic N) is 1. The smallest absolute Gasteiger partial charge is 0.323 e. The summed E-state index contributed by atoms with van der Waals surface area (Å²) in [5.74, 6) is -0.443. The number of hydrogen-bond acceptors (Lipinski definition) is 4. The van der Waals surface area contributed by atoms with Crippen LogP contribution in [-0.4, -0.2) is 24.1 Å². The van der Waals surface area contributed by atoms with Gasteiger partial charge in [-0.25, -0.2) is 0 Å². The van der Waals surface area contributed by atoms with Gasteiger partial charge in [-0.05, 0) is 12.1 Å². The first kappa shape index (κ1) is 17.8. The van der Waals surface area contributed by atoms with E-state index in [1.807, 2.05) is 0 Å². The molecule has 0 radical (unpaired) electrons. The van der Waals surface area contributed by atoms with Crippen LogP contribution in [0.4, 0.5) is 0 Å². The fraction of sp³-hybridized carbons (Fsp3) is 0.333. The molecule has 0 aliphatic heterocycles. The Hall–Kier alpha value is -0.550. The van der Waals surface area contributed by atoms with Crippen LogP contribution in [0.15, 0.2) is 18.3 Å². The molecule has 0 aliphatic carbocycles. The van der Waals surface area contributed by atoms with Crippen LogP contribution < -0.4 is 5.73 Å². The quantitative estimate of drug-likeness (QED) is 0.858. The monoisotopic (exact) mass is 286 g/mol. The number of rotatable bonds is 3. The maximum Gasteiger partial charge on any atom is 0.323 e. The minimum absolute atomic E-state index is 0. The second kappa shape index (κ2) is 8.58. The van der Waals surface area contributed by atoms with E-state index in [-0.39, 0.29) is 24.8 Å². The average molecular weight is 288 g/mol. The maximum absolute atomic E-state index is 11.0. The number of carbonyl (C=O) groups excluding carboxylic acids is 1. The number of aromatic nitrogens is 1. The van der Waals surface area contributed by atoms with Gasteiger partial charge in [-0.15, -0.1) is 24.8 Å². The van der Waals surface area contributed by atoms with E-state index in [2.05, 4.69) is 9.72 Å². The summed E-state index contributed by atoms with van der Waals surface area (Å²) in [4.78, 5) is 15.0. The van der Waals surface area contributed by atoms with Crippen molar-refractivity contribution in [1.29, 1.82) is 0 Å². The van der Waals surface area contributed by atoms with Crippen molar-refractivity contribution in [2.24, 2.45) is 5.73 Å². The predicted octanol–water partition coefficient (Wildman–Crippen LogP) is 1.62. The average Bonchev–Trinajstić information content (AvgIpc) is 2.20. The Bertz CT molecular complexity index is 319. The molecule has 0 aromatic carbocycles. The third-order valence-corrected chi connectivity index (χ3v) is 1.95. The molecule has 1 heterocycles. The van der Waals surface area contributed by atoms with Crippen LogP contribution in [0.2, 0.25) is 5.02 Å². The number of carbonyl (C=O) groups is 1. The molecule has 4 nitrogen and oxygen atoms in total. The number of ether oxygens (including phenoxy) is 1. The number of nitrogens with two attached hydrogens (primary N) is 1. The number of halogens is 3. The Morgan fingerprint density at radius 2 is 2.19 bits per heavy atom. The Kier molecular flexibility index (Phi) is 9.57. The summed E-state index contributed by atoms with van der Waals surface area (Å²) >= 11 is 5.65. The zero-order valence-corrected chi connectivity index (χ0v) is 10.9. The lowest BCUT2D eigenvalue weighted by Gasteiger charge is -2.07. The lowest BCUT2D eigenvalue weighted by atomic mass is 10.1. The number of hydrogen-bond donors (Lipinski definition) is 1. The summed E-state index contributed by atoms with van der Waals surface area (Å²) in [5.41, 5.74) is 6.27. The molecule has 1 unspecified atom stereocenters. The highest BCUT2D eigenvalue weighted by molar-refractivity contribution is 6.30. The van der Waals surface area contributed by atoms with E-state index in [9.17, 15) is 4.79 Å². The van der Waals surface area contributed by atoms with Gasteiger partial charge in [0.15, 0.2) is 0 Å². The summed E-state index contributed by atoms with van der Waals surface area (Å²) in [7, 11) is 1.30. The van der Waals surface area contributed by atoms with Gasteiger partial charge in [0.2, 0.25) is 0 Å². The van der Waals surface area contributed by atoms with E-state index in [0.717, 1.165) is 0 Å². The molecule has 0 amide bonds. The van der Waals surface area contributed by atoms with Crippen molar-refractivity contribution in [3.63, 3.8) is 0 Å². The Labute approximate surface area is 111 Å². The van der Waals surface area contributed by atoms with E-state index in [4.69, 9.17) is 17.3 Å². The van der Waals surface area contributed by atoms with Crippen LogP contribution in [-0.2, 0) is 16.0 Å². The molecule has 0 aliphatic rings. The molecule has 0 fully saturated rings. The van der Waals surface area contributed by atoms with Crippen LogP contribution in [0.3, 0.4) is 0 Å². The van der Waals surface area contributed by atoms with E-state index < -0.39 is 12.0 Å². The minimum Gasteiger partial charge on any atom is -0.468 e. The van der Waals surface area contributed by atoms with Crippen molar-refractivity contribution in [1.82, 2.24) is 4.98 Å². The summed E-state index contributed by atoms with van der Waals surface area (Å²) in [5, 5.41) is 0.556. The van der Waals surface area contributed by atoms with Gasteiger partial charge in [0.1, 0.15) is 6.04 Å². The summed E-state index contributed by atoms with van der Waals surface area (Å²) in [6.07, 6.45) is 1.87. The molecule has 1 atom stereocenters. The highest BCUT2D eigenvalue weighted by Gasteiger charge is 2.14. The highest BCUT2D eigenvalue weighted by atomic mass is 35.5. The van der Waals surface area contributed by atoms with Crippen molar-refractivity contribution < 1.29 is 9.53 Å². The molecule has 1 aromatic heterocycles. The molecule has 92 valence electrons. The molecule has 2 N–H and O–H groups in total. The number of esters is 1. The predicted molar refractivity (Wildman–Crippen MR) is 67.4 cm³/mol. The van der Waals surface area contributed by atoms with Crippen LogP contribution in [0.25, 0.3) is 0 Å². The van der Waals surface area contributed by atoms with E-state index >= 15 is 0 Å². The van der Waals surface area contributed by atoms with Gasteiger partial charge >= 0.3 is 5.97 Å². The molecule has 16 heavy (non-hydrogen) atoms. The molecular formula is C9H13Cl3N2O2. The molecular weight excluding hydrogens is 274 g/mol. The molecule has 7 heteroatoms. The number of pyridine rings is 1. The Morgan fingerprint density at radius 1 is 1.56 bits per heavy atom. The molecule has 0 spiro atoms. The van der Waals surface area contributed by atoms with Gasteiger partial charge in [0.25, 0.3) is 0 Å². The maximum atomic E-state index is 11.0. The minimum atomic E-state index is -0.673. The van der Waals surface area contributed by atoms with Crippen LogP contribution in [0, 0.1) is 0 Å². The largest absolute Gasteiger partial charge is 0.468 e. The molecule has 1 aromatic rings. The van der Waals surface area contributed by atoms with E-state index in [1.54, 1.807) is 12.1 Å². The SMILES string of the molecule is COC(=O)C(N)Cc1ccc(Cl)cn1.Cl.Cl. The first-order valence-corrected chi connectivity index (χ1v) is 4.45. The standard InChI is InChI=1S/C9H11ClN2O2.2ClH/c1-14-9(13)8(11)4-7-3-2-6(10)5-12-7;;/h2-3,5,8H,4,11H2,1H3;2*1H. The third-order valence-electron chi connectivity index (χ3n) is 1.72. The highest BCUT2D eigenvalue weighted by Crippen LogP contribution is 2.07. The van der Waals surface area contributed by atoms with Crippen molar-refractivity contribution in [2.75, 3.05) is 7.11 Å². The van der Waals surface area contributed by atoms with Gasteiger partial charge in [0.05, 0.1) is 12.1 Å². The van der Waals surface area contributed by atoms with Crippen LogP contribution >= 0.6 is 36.4 Å². The first-order valence-electron chi connectivity index (χ1n) is 4.07. The van der Waals surface area contributed by atoms with Gasteiger partial charge in [-0.1, -0.05) is 11.6 Å². The molecule has 0 saturated carbocycles. The normalized spacial score (nSPS) is 10.7. The molecule has 0 saturated heterocycles. The lowest BCUT2D eigenvalue weighted by molar-refractivity contribution is -0.142. The second-order valence-electron chi connectivity index (χ2n) is 2.80. The Balaban J connectivity index is 0. The molecule has 1 rings (SSSR count). The third kappa shape index (κ3) is 5.51. The van der Waals surface area contributed by atoms with Crippen molar-refractivity contribution in [2.45, 2.75) is 12.5 Å². The zero-order valence-electron chi connectivity index (χ0n) is 8.55. The van der Waals surface area contributed by atoms with E-state index in [1.165, 1.54) is 13.3 Å². The van der Waals surface area contributed by atoms with Crippen molar-refractivity contribution in [3.8, 4) is 0 Å². The number of methoxy groups -OCH3 is 1. The fourth-order valence-corrected chi connectivity index (χ4v) is 1.10. The van der Waals surface area contributed by atoms with Crippen molar-refractivity contribution >= 4 is 42.4 Å². The second-order valence-corrected chi connectivity index (χ2v) is 3.24. The van der Waals surface area contributed by atoms with E-state index in [0.29, 0.717) is 17.1 Å². The summed E-state index contributed by atoms with van der Waals surface area (Å²) in [6, 6.07) is 2.76. The topological polar surface area (TPSA) is 65.2 Å². The molecule has 0 bridgehead atoms. The zero-order chi connectivity index (χ0) is 10.6. The Morgan fingerprint density at radius 3 is 2.62 bits per heavy atom. The fourth-order valence-electron chi connectivity index (χ4n) is 0.987. The van der Waals surface area contributed by atoms with Gasteiger partial charge in [0, 0.05) is 18.3 Å². The summed E-state index contributed by atoms with van der Waals surface area (Å²) in [6.45, 7) is 0. The van der Waals surface area contributed by atoms with Crippen molar-refractivity contribution in [3.05, 3.63) is 29.0 Å².